The number of hydrogen-bond donors (Lipinski definition) is 0. The van der Waals surface area contributed by atoms with Crippen molar-refractivity contribution in [2.24, 2.45) is 5.92 Å². The molecule has 1 atom stereocenters. The second-order valence-corrected chi connectivity index (χ2v) is 6.00. The third-order valence-corrected chi connectivity index (χ3v) is 3.38. The van der Waals surface area contributed by atoms with Gasteiger partial charge in [0.15, 0.2) is 6.10 Å². The summed E-state index contributed by atoms with van der Waals surface area (Å²) in [7, 11) is 0. The summed E-state index contributed by atoms with van der Waals surface area (Å²) in [5.41, 5.74) is 1.87. The molecule has 1 aromatic carbocycles. The molecule has 0 saturated heterocycles. The molecule has 0 spiro atoms. The van der Waals surface area contributed by atoms with Gasteiger partial charge in [0.05, 0.1) is 5.56 Å². The van der Waals surface area contributed by atoms with Gasteiger partial charge in [0.1, 0.15) is 0 Å². The average molecular weight is 300 g/mol. The molecule has 0 N–H and O–H groups in total. The van der Waals surface area contributed by atoms with Gasteiger partial charge in [-0.05, 0) is 42.9 Å². The Labute approximate surface area is 135 Å². The van der Waals surface area contributed by atoms with E-state index in [1.54, 1.807) is 0 Å². The van der Waals surface area contributed by atoms with E-state index in [-0.39, 0.29) is 12.1 Å². The van der Waals surface area contributed by atoms with Crippen LogP contribution in [0, 0.1) is 17.8 Å². The Hall–Kier alpha value is -1.75. The van der Waals surface area contributed by atoms with Crippen molar-refractivity contribution >= 4 is 5.97 Å². The van der Waals surface area contributed by atoms with Crippen LogP contribution in [0.15, 0.2) is 24.3 Å². The summed E-state index contributed by atoms with van der Waals surface area (Å²) in [6.45, 7) is 8.39. The molecule has 1 aromatic rings. The molecule has 0 aliphatic carbocycles. The van der Waals surface area contributed by atoms with E-state index in [9.17, 15) is 4.79 Å². The monoisotopic (exact) mass is 300 g/mol. The third-order valence-electron chi connectivity index (χ3n) is 3.38. The molecular formula is C20H28O2. The number of carbonyl (C=O) groups is 1. The predicted octanol–water partition coefficient (Wildman–Crippen LogP) is 5.01. The minimum Gasteiger partial charge on any atom is -0.446 e. The second kappa shape index (κ2) is 10.1. The zero-order valence-corrected chi connectivity index (χ0v) is 14.3. The first-order chi connectivity index (χ1) is 10.6. The predicted molar refractivity (Wildman–Crippen MR) is 91.8 cm³/mol. The number of benzene rings is 1. The van der Waals surface area contributed by atoms with E-state index in [1.807, 2.05) is 31.2 Å². The van der Waals surface area contributed by atoms with Gasteiger partial charge < -0.3 is 4.74 Å². The lowest BCUT2D eigenvalue weighted by Crippen LogP contribution is -2.18. The molecule has 0 saturated carbocycles. The Balaban J connectivity index is 2.68. The molecule has 0 heterocycles. The van der Waals surface area contributed by atoms with Gasteiger partial charge in [-0.2, -0.15) is 0 Å². The van der Waals surface area contributed by atoms with Crippen LogP contribution in [0.3, 0.4) is 0 Å². The fourth-order valence-electron chi connectivity index (χ4n) is 2.17. The Bertz CT molecular complexity index is 503. The molecule has 0 aliphatic rings. The molecule has 0 aromatic heterocycles. The van der Waals surface area contributed by atoms with Gasteiger partial charge >= 0.3 is 5.97 Å². The van der Waals surface area contributed by atoms with Gasteiger partial charge in [-0.1, -0.05) is 58.1 Å². The Morgan fingerprint density at radius 2 is 1.86 bits per heavy atom. The van der Waals surface area contributed by atoms with Crippen molar-refractivity contribution in [1.82, 2.24) is 0 Å². The molecule has 0 aliphatic heterocycles. The Kier molecular flexibility index (Phi) is 8.36. The fourth-order valence-corrected chi connectivity index (χ4v) is 2.17. The van der Waals surface area contributed by atoms with Crippen molar-refractivity contribution < 1.29 is 9.53 Å². The van der Waals surface area contributed by atoms with Crippen LogP contribution in [-0.2, 0) is 11.2 Å². The first-order valence-electron chi connectivity index (χ1n) is 8.35. The van der Waals surface area contributed by atoms with Crippen LogP contribution in [0.2, 0.25) is 0 Å². The van der Waals surface area contributed by atoms with Crippen LogP contribution in [-0.4, -0.2) is 12.1 Å². The fraction of sp³-hybridized carbons (Fsp3) is 0.550. The smallest absolute Gasteiger partial charge is 0.339 e. The third kappa shape index (κ3) is 6.80. The summed E-state index contributed by atoms with van der Waals surface area (Å²) in [5.74, 6) is 6.23. The summed E-state index contributed by atoms with van der Waals surface area (Å²) in [6, 6.07) is 7.74. The summed E-state index contributed by atoms with van der Waals surface area (Å²) in [6.07, 6.45) is 4.64. The lowest BCUT2D eigenvalue weighted by atomic mass is 10.1. The van der Waals surface area contributed by atoms with Gasteiger partial charge in [-0.3, -0.25) is 0 Å². The number of aryl methyl sites for hydroxylation is 1. The maximum absolute atomic E-state index is 12.2. The lowest BCUT2D eigenvalue weighted by molar-refractivity contribution is 0.0377. The van der Waals surface area contributed by atoms with Gasteiger partial charge in [0.25, 0.3) is 0 Å². The lowest BCUT2D eigenvalue weighted by Gasteiger charge is -2.14. The maximum Gasteiger partial charge on any atom is 0.339 e. The molecule has 1 rings (SSSR count). The van der Waals surface area contributed by atoms with Crippen LogP contribution in [0.25, 0.3) is 0 Å². The zero-order valence-electron chi connectivity index (χ0n) is 14.3. The van der Waals surface area contributed by atoms with Crippen molar-refractivity contribution in [3.63, 3.8) is 0 Å². The first-order valence-corrected chi connectivity index (χ1v) is 8.35. The van der Waals surface area contributed by atoms with E-state index < -0.39 is 0 Å². The number of carbonyl (C=O) groups excluding carboxylic acids is 1. The normalized spacial score (nSPS) is 11.7. The van der Waals surface area contributed by atoms with Crippen LogP contribution < -0.4 is 0 Å². The molecule has 2 nitrogen and oxygen atoms in total. The number of ether oxygens (including phenoxy) is 1. The van der Waals surface area contributed by atoms with E-state index in [0.29, 0.717) is 11.5 Å². The van der Waals surface area contributed by atoms with Crippen molar-refractivity contribution in [3.8, 4) is 11.8 Å². The number of unbranched alkanes of at least 4 members (excludes halogenated alkanes) is 1. The van der Waals surface area contributed by atoms with E-state index in [4.69, 9.17) is 4.74 Å². The highest BCUT2D eigenvalue weighted by Gasteiger charge is 2.15. The summed E-state index contributed by atoms with van der Waals surface area (Å²) < 4.78 is 5.56. The molecule has 22 heavy (non-hydrogen) atoms. The quantitative estimate of drug-likeness (QED) is 0.522. The Morgan fingerprint density at radius 1 is 1.18 bits per heavy atom. The molecule has 0 bridgehead atoms. The maximum atomic E-state index is 12.2. The average Bonchev–Trinajstić information content (AvgIpc) is 2.50. The number of hydrogen-bond acceptors (Lipinski definition) is 2. The van der Waals surface area contributed by atoms with Crippen LogP contribution >= 0.6 is 0 Å². The number of esters is 1. The van der Waals surface area contributed by atoms with Crippen molar-refractivity contribution in [3.05, 3.63) is 35.4 Å². The first kappa shape index (κ1) is 18.3. The van der Waals surface area contributed by atoms with Gasteiger partial charge in [0.2, 0.25) is 0 Å². The minimum atomic E-state index is -0.313. The highest BCUT2D eigenvalue weighted by atomic mass is 16.5. The highest BCUT2D eigenvalue weighted by Crippen LogP contribution is 2.13. The van der Waals surface area contributed by atoms with Crippen LogP contribution in [0.1, 0.15) is 69.3 Å². The Morgan fingerprint density at radius 3 is 2.41 bits per heavy atom. The van der Waals surface area contributed by atoms with Gasteiger partial charge in [0, 0.05) is 6.42 Å². The molecule has 120 valence electrons. The minimum absolute atomic E-state index is 0.280. The van der Waals surface area contributed by atoms with Crippen LogP contribution in [0.5, 0.6) is 0 Å². The summed E-state index contributed by atoms with van der Waals surface area (Å²) in [4.78, 5) is 12.2. The molecule has 0 radical (unpaired) electrons. The van der Waals surface area contributed by atoms with E-state index in [0.717, 1.165) is 19.3 Å². The van der Waals surface area contributed by atoms with E-state index in [1.165, 1.54) is 18.4 Å². The zero-order chi connectivity index (χ0) is 16.4. The van der Waals surface area contributed by atoms with Crippen molar-refractivity contribution in [2.75, 3.05) is 0 Å². The summed E-state index contributed by atoms with van der Waals surface area (Å²) >= 11 is 0. The van der Waals surface area contributed by atoms with Crippen molar-refractivity contribution in [2.45, 2.75) is 65.9 Å². The van der Waals surface area contributed by atoms with Crippen LogP contribution in [0.4, 0.5) is 0 Å². The molecule has 0 amide bonds. The second-order valence-electron chi connectivity index (χ2n) is 6.00. The SMILES string of the molecule is CCC#CC(CC(C)C)OC(=O)c1ccc(CCCC)cc1. The van der Waals surface area contributed by atoms with E-state index >= 15 is 0 Å². The van der Waals surface area contributed by atoms with E-state index in [2.05, 4.69) is 32.6 Å². The highest BCUT2D eigenvalue weighted by molar-refractivity contribution is 5.89. The molecule has 2 heteroatoms. The van der Waals surface area contributed by atoms with Crippen molar-refractivity contribution in [1.29, 1.82) is 0 Å². The number of rotatable bonds is 7. The van der Waals surface area contributed by atoms with Gasteiger partial charge in [-0.15, -0.1) is 0 Å². The molecule has 0 fully saturated rings. The molecule has 1 unspecified atom stereocenters. The van der Waals surface area contributed by atoms with Gasteiger partial charge in [-0.25, -0.2) is 4.79 Å². The topological polar surface area (TPSA) is 26.3 Å². The summed E-state index contributed by atoms with van der Waals surface area (Å²) in [5, 5.41) is 0. The largest absolute Gasteiger partial charge is 0.446 e. The standard InChI is InChI=1S/C20H28O2/c1-5-7-9-17-11-13-18(14-12-17)20(21)22-19(10-8-6-2)15-16(3)4/h11-14,16,19H,5-7,9,15H2,1-4H3. The molecular weight excluding hydrogens is 272 g/mol.